The largest absolute Gasteiger partial charge is 0.493 e. The highest BCUT2D eigenvalue weighted by Crippen LogP contribution is 2.36. The molecular weight excluding hydrogens is 374 g/mol. The van der Waals surface area contributed by atoms with E-state index in [1.54, 1.807) is 26.5 Å². The summed E-state index contributed by atoms with van der Waals surface area (Å²) >= 11 is 0. The van der Waals surface area contributed by atoms with Crippen molar-refractivity contribution in [2.24, 2.45) is 0 Å². The van der Waals surface area contributed by atoms with Crippen molar-refractivity contribution in [2.45, 2.75) is 6.54 Å². The third-order valence-electron chi connectivity index (χ3n) is 4.61. The van der Waals surface area contributed by atoms with Gasteiger partial charge in [0.05, 0.1) is 32.5 Å². The third-order valence-corrected chi connectivity index (χ3v) is 4.61. The van der Waals surface area contributed by atoms with Crippen LogP contribution in [0.1, 0.15) is 16.2 Å². The summed E-state index contributed by atoms with van der Waals surface area (Å²) in [5.74, 6) is 1.49. The van der Waals surface area contributed by atoms with Gasteiger partial charge in [0.2, 0.25) is 11.7 Å². The normalized spacial score (nSPS) is 10.9. The minimum absolute atomic E-state index is 0.302. The SMILES string of the molecule is COC(=O)c1cn(Cc2nc(-c3cccc(OC)c3OC)no2)c2ccccc12. The van der Waals surface area contributed by atoms with Crippen molar-refractivity contribution in [1.29, 1.82) is 0 Å². The lowest BCUT2D eigenvalue weighted by Gasteiger charge is -2.09. The number of aromatic nitrogens is 3. The zero-order valence-corrected chi connectivity index (χ0v) is 16.2. The Morgan fingerprint density at radius 3 is 2.66 bits per heavy atom. The molecule has 0 spiro atoms. The molecule has 0 atom stereocenters. The van der Waals surface area contributed by atoms with E-state index < -0.39 is 5.97 Å². The van der Waals surface area contributed by atoms with Crippen molar-refractivity contribution in [1.82, 2.24) is 14.7 Å². The highest BCUT2D eigenvalue weighted by atomic mass is 16.5. The van der Waals surface area contributed by atoms with E-state index in [9.17, 15) is 4.79 Å². The third kappa shape index (κ3) is 3.29. The average molecular weight is 393 g/mol. The van der Waals surface area contributed by atoms with Gasteiger partial charge >= 0.3 is 5.97 Å². The zero-order chi connectivity index (χ0) is 20.4. The van der Waals surface area contributed by atoms with E-state index in [1.165, 1.54) is 7.11 Å². The van der Waals surface area contributed by atoms with E-state index in [-0.39, 0.29) is 0 Å². The van der Waals surface area contributed by atoms with Crippen molar-refractivity contribution in [3.8, 4) is 22.9 Å². The number of fused-ring (bicyclic) bond motifs is 1. The van der Waals surface area contributed by atoms with Crippen LogP contribution in [-0.2, 0) is 11.3 Å². The number of benzene rings is 2. The number of carbonyl (C=O) groups is 1. The van der Waals surface area contributed by atoms with Crippen LogP contribution in [0.5, 0.6) is 11.5 Å². The summed E-state index contributed by atoms with van der Waals surface area (Å²) in [6.45, 7) is 0.302. The van der Waals surface area contributed by atoms with Gasteiger partial charge in [0.15, 0.2) is 11.5 Å². The molecular formula is C21H19N3O5. The lowest BCUT2D eigenvalue weighted by Crippen LogP contribution is -2.01. The Bertz CT molecular complexity index is 1180. The maximum absolute atomic E-state index is 12.1. The summed E-state index contributed by atoms with van der Waals surface area (Å²) in [5.41, 5.74) is 2.01. The monoisotopic (exact) mass is 393 g/mol. The van der Waals surface area contributed by atoms with E-state index in [0.29, 0.717) is 40.9 Å². The highest BCUT2D eigenvalue weighted by molar-refractivity contribution is 6.04. The highest BCUT2D eigenvalue weighted by Gasteiger charge is 2.19. The number of nitrogens with zero attached hydrogens (tertiary/aromatic N) is 3. The topological polar surface area (TPSA) is 88.6 Å². The number of esters is 1. The zero-order valence-electron chi connectivity index (χ0n) is 16.2. The van der Waals surface area contributed by atoms with E-state index in [4.69, 9.17) is 18.7 Å². The van der Waals surface area contributed by atoms with Gasteiger partial charge in [-0.2, -0.15) is 4.98 Å². The first-order valence-corrected chi connectivity index (χ1v) is 8.86. The Kier molecular flexibility index (Phi) is 4.90. The van der Waals surface area contributed by atoms with Crippen molar-refractivity contribution in [3.63, 3.8) is 0 Å². The molecule has 0 N–H and O–H groups in total. The fourth-order valence-electron chi connectivity index (χ4n) is 3.29. The molecule has 0 saturated heterocycles. The van der Waals surface area contributed by atoms with E-state index >= 15 is 0 Å². The molecule has 0 saturated carbocycles. The average Bonchev–Trinajstić information content (AvgIpc) is 3.38. The molecule has 8 heteroatoms. The van der Waals surface area contributed by atoms with Crippen LogP contribution >= 0.6 is 0 Å². The molecule has 0 aliphatic rings. The van der Waals surface area contributed by atoms with Crippen LogP contribution in [0, 0.1) is 0 Å². The van der Waals surface area contributed by atoms with Crippen LogP contribution in [0.2, 0.25) is 0 Å². The molecule has 4 aromatic rings. The first kappa shape index (κ1) is 18.5. The lowest BCUT2D eigenvalue weighted by molar-refractivity contribution is 0.0602. The molecule has 8 nitrogen and oxygen atoms in total. The van der Waals surface area contributed by atoms with Crippen LogP contribution in [0.3, 0.4) is 0 Å². The van der Waals surface area contributed by atoms with Crippen LogP contribution in [-0.4, -0.2) is 42.0 Å². The van der Waals surface area contributed by atoms with Crippen molar-refractivity contribution in [3.05, 3.63) is 60.1 Å². The van der Waals surface area contributed by atoms with Crippen LogP contribution in [0.25, 0.3) is 22.3 Å². The van der Waals surface area contributed by atoms with E-state index in [1.807, 2.05) is 41.0 Å². The predicted molar refractivity (Wildman–Crippen MR) is 105 cm³/mol. The van der Waals surface area contributed by atoms with Gasteiger partial charge in [0.25, 0.3) is 0 Å². The molecule has 4 rings (SSSR count). The molecule has 148 valence electrons. The quantitative estimate of drug-likeness (QED) is 0.463. The predicted octanol–water partition coefficient (Wildman–Crippen LogP) is 3.54. The standard InChI is InChI=1S/C21H19N3O5/c1-26-17-10-6-8-14(19(17)27-2)20-22-18(29-23-20)12-24-11-15(21(25)28-3)13-7-4-5-9-16(13)24/h4-11H,12H2,1-3H3. The minimum Gasteiger partial charge on any atom is -0.493 e. The molecule has 29 heavy (non-hydrogen) atoms. The summed E-state index contributed by atoms with van der Waals surface area (Å²) in [6.07, 6.45) is 1.73. The number of carbonyl (C=O) groups excluding carboxylic acids is 1. The number of ether oxygens (including phenoxy) is 3. The number of methoxy groups -OCH3 is 3. The summed E-state index contributed by atoms with van der Waals surface area (Å²) in [6, 6.07) is 13.0. The summed E-state index contributed by atoms with van der Waals surface area (Å²) in [7, 11) is 4.49. The Morgan fingerprint density at radius 2 is 1.90 bits per heavy atom. The lowest BCUT2D eigenvalue weighted by atomic mass is 10.1. The van der Waals surface area contributed by atoms with Crippen molar-refractivity contribution >= 4 is 16.9 Å². The van der Waals surface area contributed by atoms with Crippen LogP contribution in [0.4, 0.5) is 0 Å². The summed E-state index contributed by atoms with van der Waals surface area (Å²) in [4.78, 5) is 16.6. The Morgan fingerprint density at radius 1 is 1.07 bits per heavy atom. The maximum Gasteiger partial charge on any atom is 0.340 e. The molecule has 0 aliphatic carbocycles. The van der Waals surface area contributed by atoms with Crippen LogP contribution in [0.15, 0.2) is 53.2 Å². The molecule has 2 aromatic heterocycles. The van der Waals surface area contributed by atoms with Gasteiger partial charge in [-0.25, -0.2) is 4.79 Å². The van der Waals surface area contributed by atoms with Crippen LogP contribution < -0.4 is 9.47 Å². The smallest absolute Gasteiger partial charge is 0.340 e. The Hall–Kier alpha value is -3.81. The Labute approximate surface area is 166 Å². The first-order valence-electron chi connectivity index (χ1n) is 8.86. The van der Waals surface area contributed by atoms with Crippen molar-refractivity contribution in [2.75, 3.05) is 21.3 Å². The summed E-state index contributed by atoms with van der Waals surface area (Å²) in [5, 5.41) is 4.88. The number of rotatable bonds is 6. The van der Waals surface area contributed by atoms with Gasteiger partial charge in [0, 0.05) is 17.1 Å². The second kappa shape index (κ2) is 7.67. The van der Waals surface area contributed by atoms with Gasteiger partial charge < -0.3 is 23.3 Å². The Balaban J connectivity index is 1.70. The fraction of sp³-hybridized carbons (Fsp3) is 0.190. The minimum atomic E-state index is -0.396. The number of hydrogen-bond donors (Lipinski definition) is 0. The van der Waals surface area contributed by atoms with E-state index in [0.717, 1.165) is 10.9 Å². The second-order valence-electron chi connectivity index (χ2n) is 6.23. The number of hydrogen-bond acceptors (Lipinski definition) is 7. The first-order chi connectivity index (χ1) is 14.2. The maximum atomic E-state index is 12.1. The van der Waals surface area contributed by atoms with Gasteiger partial charge in [-0.3, -0.25) is 0 Å². The summed E-state index contributed by atoms with van der Waals surface area (Å²) < 4.78 is 23.0. The van der Waals surface area contributed by atoms with Crippen molar-refractivity contribution < 1.29 is 23.5 Å². The molecule has 0 unspecified atom stereocenters. The fourth-order valence-corrected chi connectivity index (χ4v) is 3.29. The molecule has 0 bridgehead atoms. The van der Waals surface area contributed by atoms with Gasteiger partial charge in [-0.15, -0.1) is 0 Å². The van der Waals surface area contributed by atoms with Gasteiger partial charge in [-0.05, 0) is 18.2 Å². The molecule has 0 amide bonds. The molecule has 0 aliphatic heterocycles. The molecule has 0 fully saturated rings. The molecule has 2 aromatic carbocycles. The van der Waals surface area contributed by atoms with E-state index in [2.05, 4.69) is 10.1 Å². The second-order valence-corrected chi connectivity index (χ2v) is 6.23. The molecule has 2 heterocycles. The number of para-hydroxylation sites is 2. The van der Waals surface area contributed by atoms with Gasteiger partial charge in [-0.1, -0.05) is 29.4 Å². The van der Waals surface area contributed by atoms with Gasteiger partial charge in [0.1, 0.15) is 6.54 Å². The molecule has 0 radical (unpaired) electrons.